The summed E-state index contributed by atoms with van der Waals surface area (Å²) in [5.41, 5.74) is 6.09. The zero-order chi connectivity index (χ0) is 9.97. The molecule has 14 heavy (non-hydrogen) atoms. The molecular weight excluding hydrogens is 185 g/mol. The summed E-state index contributed by atoms with van der Waals surface area (Å²) in [5.74, 6) is -0.0973. The lowest BCUT2D eigenvalue weighted by Crippen LogP contribution is -2.14. The minimum atomic E-state index is -0.685. The van der Waals surface area contributed by atoms with Crippen LogP contribution >= 0.6 is 0 Å². The van der Waals surface area contributed by atoms with E-state index in [1.54, 1.807) is 18.2 Å². The van der Waals surface area contributed by atoms with Gasteiger partial charge < -0.3 is 10.3 Å². The molecule has 0 amide bonds. The van der Waals surface area contributed by atoms with Gasteiger partial charge in [0.25, 0.3) is 0 Å². The first-order chi connectivity index (χ1) is 6.79. The van der Waals surface area contributed by atoms with Crippen molar-refractivity contribution in [3.05, 3.63) is 47.9 Å². The Kier molecular flexibility index (Phi) is 2.24. The average molecular weight is 193 g/mol. The fourth-order valence-electron chi connectivity index (χ4n) is 1.18. The van der Waals surface area contributed by atoms with Crippen LogP contribution in [-0.2, 0) is 0 Å². The number of hydrogen-bond donors (Lipinski definition) is 1. The van der Waals surface area contributed by atoms with Gasteiger partial charge in [0.1, 0.15) is 5.82 Å². The number of nitrogens with zero attached hydrogens (tertiary/aromatic N) is 2. The second-order valence-corrected chi connectivity index (χ2v) is 2.79. The Morgan fingerprint density at radius 3 is 2.79 bits per heavy atom. The smallest absolute Gasteiger partial charge is 0.213 e. The van der Waals surface area contributed by atoms with Gasteiger partial charge in [0.05, 0.1) is 6.04 Å². The normalized spacial score (nSPS) is 12.7. The summed E-state index contributed by atoms with van der Waals surface area (Å²) in [6, 6.07) is 5.56. The molecule has 0 bridgehead atoms. The van der Waals surface area contributed by atoms with Gasteiger partial charge in [-0.15, -0.1) is 0 Å². The fourth-order valence-corrected chi connectivity index (χ4v) is 1.18. The first kappa shape index (κ1) is 8.83. The Bertz CT molecular complexity index is 416. The Morgan fingerprint density at radius 1 is 1.36 bits per heavy atom. The van der Waals surface area contributed by atoms with Gasteiger partial charge in [-0.2, -0.15) is 4.98 Å². The highest BCUT2D eigenvalue weighted by Crippen LogP contribution is 2.18. The van der Waals surface area contributed by atoms with E-state index in [1.807, 2.05) is 0 Å². The summed E-state index contributed by atoms with van der Waals surface area (Å²) in [7, 11) is 0. The molecule has 2 N–H and O–H groups in total. The highest BCUT2D eigenvalue weighted by molar-refractivity contribution is 5.25. The second-order valence-electron chi connectivity index (χ2n) is 2.79. The van der Waals surface area contributed by atoms with E-state index in [-0.39, 0.29) is 11.6 Å². The van der Waals surface area contributed by atoms with E-state index in [9.17, 15) is 4.39 Å². The lowest BCUT2D eigenvalue weighted by Gasteiger charge is -2.07. The van der Waals surface area contributed by atoms with E-state index in [2.05, 4.69) is 14.7 Å². The predicted molar refractivity (Wildman–Crippen MR) is 46.7 cm³/mol. The molecule has 4 nitrogen and oxygen atoms in total. The number of nitrogens with two attached hydrogens (primary N) is 1. The Morgan fingerprint density at radius 2 is 2.14 bits per heavy atom. The SMILES string of the molecule is NC(c1ncon1)c1ccccc1F. The molecule has 1 heterocycles. The van der Waals surface area contributed by atoms with Crippen LogP contribution in [0.2, 0.25) is 0 Å². The Labute approximate surface area is 79.5 Å². The third-order valence-electron chi connectivity index (χ3n) is 1.90. The monoisotopic (exact) mass is 193 g/mol. The van der Waals surface area contributed by atoms with Gasteiger partial charge >= 0.3 is 0 Å². The van der Waals surface area contributed by atoms with Gasteiger partial charge in [-0.3, -0.25) is 0 Å². The van der Waals surface area contributed by atoms with E-state index in [0.717, 1.165) is 6.39 Å². The summed E-state index contributed by atoms with van der Waals surface area (Å²) < 4.78 is 17.8. The maximum Gasteiger partial charge on any atom is 0.213 e. The molecule has 0 aliphatic rings. The molecule has 0 spiro atoms. The van der Waals surface area contributed by atoms with Crippen LogP contribution < -0.4 is 5.73 Å². The number of aromatic nitrogens is 2. The van der Waals surface area contributed by atoms with Crippen molar-refractivity contribution in [1.29, 1.82) is 0 Å². The summed E-state index contributed by atoms with van der Waals surface area (Å²) in [6.45, 7) is 0. The standard InChI is InChI=1S/C9H8FN3O/c10-7-4-2-1-3-6(7)8(11)9-12-5-14-13-9/h1-5,8H,11H2. The summed E-state index contributed by atoms with van der Waals surface area (Å²) >= 11 is 0. The van der Waals surface area contributed by atoms with Crippen LogP contribution in [0.5, 0.6) is 0 Å². The summed E-state index contributed by atoms with van der Waals surface area (Å²) in [5, 5.41) is 3.56. The molecule has 0 aliphatic heterocycles. The molecule has 2 aromatic rings. The van der Waals surface area contributed by atoms with E-state index in [0.29, 0.717) is 5.56 Å². The van der Waals surface area contributed by atoms with Crippen molar-refractivity contribution in [2.75, 3.05) is 0 Å². The number of benzene rings is 1. The average Bonchev–Trinajstić information content (AvgIpc) is 2.70. The molecular formula is C9H8FN3O. The molecule has 0 radical (unpaired) electrons. The van der Waals surface area contributed by atoms with Gasteiger partial charge in [-0.25, -0.2) is 4.39 Å². The van der Waals surface area contributed by atoms with E-state index >= 15 is 0 Å². The van der Waals surface area contributed by atoms with Crippen LogP contribution in [0.25, 0.3) is 0 Å². The van der Waals surface area contributed by atoms with Crippen molar-refractivity contribution in [2.24, 2.45) is 5.73 Å². The first-order valence-corrected chi connectivity index (χ1v) is 4.05. The van der Waals surface area contributed by atoms with Crippen LogP contribution in [0.4, 0.5) is 4.39 Å². The Balaban J connectivity index is 2.37. The number of halogens is 1. The second kappa shape index (κ2) is 3.55. The molecule has 0 saturated carbocycles. The number of rotatable bonds is 2. The van der Waals surface area contributed by atoms with Gasteiger partial charge in [-0.05, 0) is 6.07 Å². The number of hydrogen-bond acceptors (Lipinski definition) is 4. The lowest BCUT2D eigenvalue weighted by molar-refractivity contribution is 0.407. The molecule has 1 atom stereocenters. The van der Waals surface area contributed by atoms with E-state index in [1.165, 1.54) is 6.07 Å². The highest BCUT2D eigenvalue weighted by Gasteiger charge is 2.16. The summed E-state index contributed by atoms with van der Waals surface area (Å²) in [4.78, 5) is 3.76. The third kappa shape index (κ3) is 1.49. The first-order valence-electron chi connectivity index (χ1n) is 4.05. The molecule has 72 valence electrons. The minimum absolute atomic E-state index is 0.273. The quantitative estimate of drug-likeness (QED) is 0.779. The molecule has 0 aliphatic carbocycles. The van der Waals surface area contributed by atoms with Crippen molar-refractivity contribution in [3.63, 3.8) is 0 Å². The van der Waals surface area contributed by atoms with Crippen molar-refractivity contribution >= 4 is 0 Å². The van der Waals surface area contributed by atoms with Crippen LogP contribution in [0, 0.1) is 5.82 Å². The fraction of sp³-hybridized carbons (Fsp3) is 0.111. The topological polar surface area (TPSA) is 64.9 Å². The van der Waals surface area contributed by atoms with E-state index in [4.69, 9.17) is 5.73 Å². The van der Waals surface area contributed by atoms with Gasteiger partial charge in [-0.1, -0.05) is 23.4 Å². The molecule has 5 heteroatoms. The van der Waals surface area contributed by atoms with Crippen LogP contribution in [0.15, 0.2) is 35.2 Å². The largest absolute Gasteiger partial charge is 0.343 e. The zero-order valence-electron chi connectivity index (χ0n) is 7.22. The maximum absolute atomic E-state index is 13.3. The zero-order valence-corrected chi connectivity index (χ0v) is 7.22. The molecule has 1 aromatic carbocycles. The molecule has 1 aromatic heterocycles. The van der Waals surface area contributed by atoms with Crippen molar-refractivity contribution < 1.29 is 8.91 Å². The lowest BCUT2D eigenvalue weighted by atomic mass is 10.1. The molecule has 1 unspecified atom stereocenters. The minimum Gasteiger partial charge on any atom is -0.343 e. The van der Waals surface area contributed by atoms with Gasteiger partial charge in [0, 0.05) is 5.56 Å². The molecule has 2 rings (SSSR count). The van der Waals surface area contributed by atoms with Crippen molar-refractivity contribution in [1.82, 2.24) is 10.1 Å². The summed E-state index contributed by atoms with van der Waals surface area (Å²) in [6.07, 6.45) is 1.16. The van der Waals surface area contributed by atoms with E-state index < -0.39 is 6.04 Å². The van der Waals surface area contributed by atoms with Gasteiger partial charge in [0.15, 0.2) is 5.82 Å². The van der Waals surface area contributed by atoms with Crippen molar-refractivity contribution in [2.45, 2.75) is 6.04 Å². The van der Waals surface area contributed by atoms with Crippen LogP contribution in [-0.4, -0.2) is 10.1 Å². The Hall–Kier alpha value is -1.75. The van der Waals surface area contributed by atoms with Crippen LogP contribution in [0.1, 0.15) is 17.4 Å². The maximum atomic E-state index is 13.3. The predicted octanol–water partition coefficient (Wildman–Crippen LogP) is 1.26. The van der Waals surface area contributed by atoms with Gasteiger partial charge in [0.2, 0.25) is 6.39 Å². The molecule has 0 saturated heterocycles. The van der Waals surface area contributed by atoms with Crippen LogP contribution in [0.3, 0.4) is 0 Å². The van der Waals surface area contributed by atoms with Crippen molar-refractivity contribution in [3.8, 4) is 0 Å². The molecule has 0 fully saturated rings. The third-order valence-corrected chi connectivity index (χ3v) is 1.90. The highest BCUT2D eigenvalue weighted by atomic mass is 19.1.